The highest BCUT2D eigenvalue weighted by Gasteiger charge is 2.50. The van der Waals surface area contributed by atoms with Gasteiger partial charge in [-0.25, -0.2) is 4.79 Å². The summed E-state index contributed by atoms with van der Waals surface area (Å²) >= 11 is 0. The monoisotopic (exact) mass is 567 g/mol. The third-order valence-corrected chi connectivity index (χ3v) is 12.0. The van der Waals surface area contributed by atoms with Crippen LogP contribution >= 0.6 is 0 Å². The number of carbonyl (C=O) groups excluding carboxylic acids is 2. The van der Waals surface area contributed by atoms with Crippen molar-refractivity contribution in [1.29, 1.82) is 0 Å². The molecule has 2 aromatic rings. The van der Waals surface area contributed by atoms with Crippen molar-refractivity contribution in [1.82, 2.24) is 4.90 Å². The molecule has 0 aliphatic heterocycles. The van der Waals surface area contributed by atoms with E-state index in [0.29, 0.717) is 26.0 Å². The SMILES string of the molecule is C=CCN(C(=O)OC(C)(C)C)[C@@H](CCCCCC(=O)OC)CO[Si](c1ccccc1)(c1ccccc1)C(C)(C)C. The highest BCUT2D eigenvalue weighted by Crippen LogP contribution is 2.37. The first-order valence-corrected chi connectivity index (χ1v) is 16.2. The molecule has 0 N–H and O–H groups in total. The smallest absolute Gasteiger partial charge is 0.410 e. The summed E-state index contributed by atoms with van der Waals surface area (Å²) in [6.07, 6.45) is 4.88. The van der Waals surface area contributed by atoms with E-state index in [0.717, 1.165) is 19.3 Å². The molecule has 0 saturated heterocycles. The topological polar surface area (TPSA) is 65.1 Å². The van der Waals surface area contributed by atoms with E-state index < -0.39 is 13.9 Å². The highest BCUT2D eigenvalue weighted by molar-refractivity contribution is 6.99. The molecule has 0 bridgehead atoms. The lowest BCUT2D eigenvalue weighted by molar-refractivity contribution is -0.140. The van der Waals surface area contributed by atoms with Crippen LogP contribution in [0.15, 0.2) is 73.3 Å². The number of hydrogen-bond donors (Lipinski definition) is 0. The molecule has 0 spiro atoms. The van der Waals surface area contributed by atoms with Gasteiger partial charge in [-0.3, -0.25) is 9.69 Å². The molecule has 0 saturated carbocycles. The van der Waals surface area contributed by atoms with E-state index in [9.17, 15) is 9.59 Å². The molecule has 0 aliphatic carbocycles. The number of nitrogens with zero attached hydrogens (tertiary/aromatic N) is 1. The maximum absolute atomic E-state index is 13.4. The van der Waals surface area contributed by atoms with E-state index in [-0.39, 0.29) is 23.1 Å². The molecule has 1 amide bonds. The number of ether oxygens (including phenoxy) is 2. The van der Waals surface area contributed by atoms with Crippen LogP contribution in [0.25, 0.3) is 0 Å². The van der Waals surface area contributed by atoms with Crippen molar-refractivity contribution in [2.45, 2.75) is 90.3 Å². The second-order valence-electron chi connectivity index (χ2n) is 12.2. The average molecular weight is 568 g/mol. The third kappa shape index (κ3) is 9.34. The van der Waals surface area contributed by atoms with Crippen LogP contribution in [0.5, 0.6) is 0 Å². The lowest BCUT2D eigenvalue weighted by Crippen LogP contribution is -2.67. The molecule has 2 aromatic carbocycles. The first-order valence-electron chi connectivity index (χ1n) is 14.3. The Kier molecular flexibility index (Phi) is 12.7. The molecule has 0 aromatic heterocycles. The number of hydrogen-bond acceptors (Lipinski definition) is 5. The van der Waals surface area contributed by atoms with Crippen LogP contribution in [-0.4, -0.2) is 57.2 Å². The first-order chi connectivity index (χ1) is 18.9. The summed E-state index contributed by atoms with van der Waals surface area (Å²) in [7, 11) is -1.39. The van der Waals surface area contributed by atoms with Gasteiger partial charge >= 0.3 is 12.1 Å². The van der Waals surface area contributed by atoms with Crippen molar-refractivity contribution in [3.63, 3.8) is 0 Å². The lowest BCUT2D eigenvalue weighted by Gasteiger charge is -2.44. The number of carbonyl (C=O) groups is 2. The number of amides is 1. The molecule has 0 unspecified atom stereocenters. The molecular formula is C33H49NO5Si. The molecule has 220 valence electrons. The molecule has 0 fully saturated rings. The molecule has 40 heavy (non-hydrogen) atoms. The van der Waals surface area contributed by atoms with Gasteiger partial charge in [0.25, 0.3) is 8.32 Å². The maximum atomic E-state index is 13.4. The molecule has 0 aliphatic rings. The number of esters is 1. The van der Waals surface area contributed by atoms with Gasteiger partial charge in [-0.05, 0) is 49.0 Å². The predicted octanol–water partition coefficient (Wildman–Crippen LogP) is 6.48. The zero-order valence-electron chi connectivity index (χ0n) is 25.6. The molecular weight excluding hydrogens is 518 g/mol. The molecule has 6 nitrogen and oxygen atoms in total. The highest BCUT2D eigenvalue weighted by atomic mass is 28.4. The Hall–Kier alpha value is -2.90. The van der Waals surface area contributed by atoms with E-state index >= 15 is 0 Å². The largest absolute Gasteiger partial charge is 0.469 e. The molecule has 1 atom stereocenters. The van der Waals surface area contributed by atoms with Crippen LogP contribution < -0.4 is 10.4 Å². The summed E-state index contributed by atoms with van der Waals surface area (Å²) in [5.41, 5.74) is -0.625. The maximum Gasteiger partial charge on any atom is 0.410 e. The normalized spacial score (nSPS) is 12.9. The van der Waals surface area contributed by atoms with Crippen LogP contribution in [0.2, 0.25) is 5.04 Å². The van der Waals surface area contributed by atoms with Gasteiger partial charge in [-0.1, -0.05) is 100 Å². The summed E-state index contributed by atoms with van der Waals surface area (Å²) in [4.78, 5) is 26.7. The third-order valence-electron chi connectivity index (χ3n) is 6.95. The van der Waals surface area contributed by atoms with E-state index in [1.54, 1.807) is 11.0 Å². The van der Waals surface area contributed by atoms with Crippen LogP contribution in [0.1, 0.15) is 73.6 Å². The van der Waals surface area contributed by atoms with E-state index in [1.807, 2.05) is 32.9 Å². The van der Waals surface area contributed by atoms with Gasteiger partial charge in [0.05, 0.1) is 19.8 Å². The molecule has 0 radical (unpaired) electrons. The van der Waals surface area contributed by atoms with Crippen LogP contribution in [-0.2, 0) is 18.7 Å². The predicted molar refractivity (Wildman–Crippen MR) is 166 cm³/mol. The van der Waals surface area contributed by atoms with Gasteiger partial charge in [0.2, 0.25) is 0 Å². The molecule has 7 heteroatoms. The van der Waals surface area contributed by atoms with Gasteiger partial charge in [0.1, 0.15) is 5.60 Å². The Balaban J connectivity index is 2.46. The van der Waals surface area contributed by atoms with Gasteiger partial charge in [-0.15, -0.1) is 6.58 Å². The van der Waals surface area contributed by atoms with Crippen molar-refractivity contribution in [2.75, 3.05) is 20.3 Å². The minimum absolute atomic E-state index is 0.185. The summed E-state index contributed by atoms with van der Waals surface area (Å²) in [6, 6.07) is 20.8. The summed E-state index contributed by atoms with van der Waals surface area (Å²) in [5.74, 6) is -0.200. The second kappa shape index (κ2) is 15.2. The standard InChI is InChI=1S/C33H49NO5Si/c1-9-25-34(31(36)39-32(2,3)4)27(19-13-10-18-24-30(35)37-8)26-38-40(33(5,6)7,28-20-14-11-15-21-28)29-22-16-12-17-23-29/h9,11-12,14-17,20-23,27H,1,10,13,18-19,24-26H2,2-8H3/t27-/m0/s1. The minimum Gasteiger partial charge on any atom is -0.469 e. The van der Waals surface area contributed by atoms with Crippen LogP contribution in [0.3, 0.4) is 0 Å². The Labute approximate surface area is 242 Å². The fraction of sp³-hybridized carbons (Fsp3) is 0.515. The Morgan fingerprint density at radius 3 is 1.90 bits per heavy atom. The molecule has 2 rings (SSSR count). The van der Waals surface area contributed by atoms with Gasteiger partial charge < -0.3 is 13.9 Å². The summed E-state index contributed by atoms with van der Waals surface area (Å²) in [5, 5.41) is 2.20. The lowest BCUT2D eigenvalue weighted by atomic mass is 10.1. The first kappa shape index (κ1) is 33.3. The Morgan fingerprint density at radius 2 is 1.45 bits per heavy atom. The van der Waals surface area contributed by atoms with Crippen molar-refractivity contribution in [3.8, 4) is 0 Å². The van der Waals surface area contributed by atoms with Gasteiger partial charge in [0, 0.05) is 13.0 Å². The zero-order valence-corrected chi connectivity index (χ0v) is 26.6. The van der Waals surface area contributed by atoms with Crippen molar-refractivity contribution < 1.29 is 23.5 Å². The molecule has 0 heterocycles. The van der Waals surface area contributed by atoms with Crippen LogP contribution in [0.4, 0.5) is 4.79 Å². The van der Waals surface area contributed by atoms with Crippen molar-refractivity contribution in [2.24, 2.45) is 0 Å². The second-order valence-corrected chi connectivity index (χ2v) is 16.5. The van der Waals surface area contributed by atoms with E-state index in [4.69, 9.17) is 13.9 Å². The number of rotatable bonds is 14. The summed E-state index contributed by atoms with van der Waals surface area (Å²) < 4.78 is 17.8. The van der Waals surface area contributed by atoms with E-state index in [2.05, 4.69) is 75.9 Å². The number of benzene rings is 2. The fourth-order valence-electron chi connectivity index (χ4n) is 5.07. The van der Waals surface area contributed by atoms with Gasteiger partial charge in [-0.2, -0.15) is 0 Å². The summed E-state index contributed by atoms with van der Waals surface area (Å²) in [6.45, 7) is 17.0. The average Bonchev–Trinajstić information content (AvgIpc) is 2.90. The van der Waals surface area contributed by atoms with E-state index in [1.165, 1.54) is 17.5 Å². The number of unbranched alkanes of at least 4 members (excludes halogenated alkanes) is 2. The van der Waals surface area contributed by atoms with Gasteiger partial charge in [0.15, 0.2) is 0 Å². The van der Waals surface area contributed by atoms with Crippen molar-refractivity contribution in [3.05, 3.63) is 73.3 Å². The van der Waals surface area contributed by atoms with Crippen LogP contribution in [0, 0.1) is 0 Å². The van der Waals surface area contributed by atoms with Crippen molar-refractivity contribution >= 4 is 30.8 Å². The Morgan fingerprint density at radius 1 is 0.900 bits per heavy atom. The minimum atomic E-state index is -2.80. The quantitative estimate of drug-likeness (QED) is 0.113. The number of methoxy groups -OCH3 is 1. The Bertz CT molecular complexity index is 1020. The zero-order chi connectivity index (χ0) is 29.8. The fourth-order valence-corrected chi connectivity index (χ4v) is 9.67.